The zero-order valence-corrected chi connectivity index (χ0v) is 12.4. The summed E-state index contributed by atoms with van der Waals surface area (Å²) in [5, 5.41) is 3.76. The van der Waals surface area contributed by atoms with Crippen LogP contribution in [0.4, 0.5) is 0 Å². The lowest BCUT2D eigenvalue weighted by atomic mass is 10.1. The van der Waals surface area contributed by atoms with Gasteiger partial charge in [-0.05, 0) is 44.1 Å². The Kier molecular flexibility index (Phi) is 5.49. The van der Waals surface area contributed by atoms with E-state index in [2.05, 4.69) is 66.8 Å². The molecule has 0 saturated heterocycles. The topological polar surface area (TPSA) is 12.0 Å². The molecule has 0 heterocycles. The lowest BCUT2D eigenvalue weighted by Crippen LogP contribution is -2.10. The molecule has 1 N–H and O–H groups in total. The van der Waals surface area contributed by atoms with Crippen LogP contribution in [0.3, 0.4) is 0 Å². The molecule has 2 heteroatoms. The van der Waals surface area contributed by atoms with Crippen LogP contribution < -0.4 is 5.32 Å². The molecule has 0 spiro atoms. The predicted octanol–water partition coefficient (Wildman–Crippen LogP) is 4.44. The average molecular weight is 271 g/mol. The second-order valence-electron chi connectivity index (χ2n) is 4.67. The minimum Gasteiger partial charge on any atom is -0.320 e. The summed E-state index contributed by atoms with van der Waals surface area (Å²) in [6.45, 7) is 3.22. The van der Waals surface area contributed by atoms with Crippen molar-refractivity contribution >= 4 is 11.8 Å². The van der Waals surface area contributed by atoms with Gasteiger partial charge >= 0.3 is 0 Å². The fourth-order valence-corrected chi connectivity index (χ4v) is 3.33. The summed E-state index contributed by atoms with van der Waals surface area (Å²) >= 11 is 1.97. The van der Waals surface area contributed by atoms with Crippen LogP contribution in [0.25, 0.3) is 0 Å². The smallest absolute Gasteiger partial charge is 0.0356 e. The molecule has 2 aromatic rings. The Morgan fingerprint density at radius 1 is 1.00 bits per heavy atom. The summed E-state index contributed by atoms with van der Waals surface area (Å²) in [6, 6.07) is 19.4. The second kappa shape index (κ2) is 7.37. The number of hydrogen-bond acceptors (Lipinski definition) is 2. The van der Waals surface area contributed by atoms with Crippen molar-refractivity contribution in [2.75, 3.05) is 13.6 Å². The van der Waals surface area contributed by atoms with E-state index in [0.717, 1.165) is 13.0 Å². The van der Waals surface area contributed by atoms with Crippen LogP contribution in [0.15, 0.2) is 59.5 Å². The van der Waals surface area contributed by atoms with Gasteiger partial charge in [0.05, 0.1) is 0 Å². The van der Waals surface area contributed by atoms with Crippen molar-refractivity contribution in [2.24, 2.45) is 0 Å². The van der Waals surface area contributed by atoms with Gasteiger partial charge in [0.15, 0.2) is 0 Å². The van der Waals surface area contributed by atoms with Gasteiger partial charge in [0.2, 0.25) is 0 Å². The van der Waals surface area contributed by atoms with Crippen molar-refractivity contribution in [3.05, 3.63) is 65.7 Å². The van der Waals surface area contributed by atoms with E-state index < -0.39 is 0 Å². The molecule has 0 amide bonds. The molecule has 0 radical (unpaired) electrons. The molecule has 0 bridgehead atoms. The molecule has 2 rings (SSSR count). The molecule has 1 nitrogen and oxygen atoms in total. The van der Waals surface area contributed by atoms with Crippen molar-refractivity contribution in [1.29, 1.82) is 0 Å². The van der Waals surface area contributed by atoms with Crippen LogP contribution in [0.5, 0.6) is 0 Å². The molecule has 0 fully saturated rings. The molecule has 1 atom stereocenters. The fourth-order valence-electron chi connectivity index (χ4n) is 2.08. The average Bonchev–Trinajstić information content (AvgIpc) is 2.46. The number of aryl methyl sites for hydroxylation is 1. The first-order chi connectivity index (χ1) is 9.31. The molecule has 0 saturated carbocycles. The summed E-state index contributed by atoms with van der Waals surface area (Å²) in [4.78, 5) is 1.38. The van der Waals surface area contributed by atoms with Crippen molar-refractivity contribution in [3.63, 3.8) is 0 Å². The lowest BCUT2D eigenvalue weighted by molar-refractivity contribution is 0.714. The Morgan fingerprint density at radius 2 is 1.68 bits per heavy atom. The van der Waals surface area contributed by atoms with E-state index in [0.29, 0.717) is 5.25 Å². The number of rotatable bonds is 6. The Balaban J connectivity index is 2.17. The molecule has 1 unspecified atom stereocenters. The van der Waals surface area contributed by atoms with Crippen molar-refractivity contribution in [1.82, 2.24) is 5.32 Å². The summed E-state index contributed by atoms with van der Waals surface area (Å²) in [7, 11) is 2.01. The minimum absolute atomic E-state index is 0.509. The number of nitrogens with one attached hydrogen (secondary N) is 1. The molecular formula is C17H21NS. The second-order valence-corrected chi connectivity index (χ2v) is 5.92. The molecule has 19 heavy (non-hydrogen) atoms. The molecule has 2 aromatic carbocycles. The standard InChI is InChI=1S/C17H21NS/c1-14-8-6-7-11-16(14)19-17(12-13-18-2)15-9-4-3-5-10-15/h3-11,17-18H,12-13H2,1-2H3. The number of hydrogen-bond donors (Lipinski definition) is 1. The van der Waals surface area contributed by atoms with Gasteiger partial charge in [-0.3, -0.25) is 0 Å². The van der Waals surface area contributed by atoms with Crippen LogP contribution in [0.1, 0.15) is 22.8 Å². The third-order valence-electron chi connectivity index (χ3n) is 3.19. The molecule has 0 aromatic heterocycles. The van der Waals surface area contributed by atoms with Gasteiger partial charge in [0.1, 0.15) is 0 Å². The highest BCUT2D eigenvalue weighted by Crippen LogP contribution is 2.38. The summed E-state index contributed by atoms with van der Waals surface area (Å²) < 4.78 is 0. The van der Waals surface area contributed by atoms with E-state index in [1.54, 1.807) is 0 Å². The Labute approximate surface area is 120 Å². The van der Waals surface area contributed by atoms with Crippen molar-refractivity contribution < 1.29 is 0 Å². The first kappa shape index (κ1) is 14.2. The maximum absolute atomic E-state index is 3.25. The van der Waals surface area contributed by atoms with Gasteiger partial charge < -0.3 is 5.32 Å². The normalized spacial score (nSPS) is 12.3. The summed E-state index contributed by atoms with van der Waals surface area (Å²) in [6.07, 6.45) is 1.14. The van der Waals surface area contributed by atoms with E-state index in [1.165, 1.54) is 16.0 Å². The van der Waals surface area contributed by atoms with Gasteiger partial charge in [-0.25, -0.2) is 0 Å². The first-order valence-electron chi connectivity index (χ1n) is 6.73. The van der Waals surface area contributed by atoms with Gasteiger partial charge in [-0.1, -0.05) is 48.5 Å². The van der Waals surface area contributed by atoms with Gasteiger partial charge in [-0.15, -0.1) is 11.8 Å². The van der Waals surface area contributed by atoms with E-state index in [9.17, 15) is 0 Å². The highest BCUT2D eigenvalue weighted by Gasteiger charge is 2.13. The van der Waals surface area contributed by atoms with Crippen LogP contribution in [-0.2, 0) is 0 Å². The van der Waals surface area contributed by atoms with Gasteiger partial charge in [0, 0.05) is 10.1 Å². The predicted molar refractivity (Wildman–Crippen MR) is 84.8 cm³/mol. The Bertz CT molecular complexity index is 496. The van der Waals surface area contributed by atoms with Crippen LogP contribution in [0, 0.1) is 6.92 Å². The summed E-state index contributed by atoms with van der Waals surface area (Å²) in [5.74, 6) is 0. The number of thioether (sulfide) groups is 1. The molecular weight excluding hydrogens is 250 g/mol. The third kappa shape index (κ3) is 4.12. The Hall–Kier alpha value is -1.25. The molecule has 100 valence electrons. The Morgan fingerprint density at radius 3 is 2.37 bits per heavy atom. The molecule has 0 aliphatic carbocycles. The minimum atomic E-state index is 0.509. The highest BCUT2D eigenvalue weighted by atomic mass is 32.2. The third-order valence-corrected chi connectivity index (χ3v) is 4.70. The van der Waals surface area contributed by atoms with Crippen LogP contribution in [0.2, 0.25) is 0 Å². The van der Waals surface area contributed by atoms with Crippen molar-refractivity contribution in [3.8, 4) is 0 Å². The summed E-state index contributed by atoms with van der Waals surface area (Å²) in [5.41, 5.74) is 2.77. The SMILES string of the molecule is CNCCC(Sc1ccccc1C)c1ccccc1. The monoisotopic (exact) mass is 271 g/mol. The maximum atomic E-state index is 3.25. The van der Waals surface area contributed by atoms with Crippen molar-refractivity contribution in [2.45, 2.75) is 23.5 Å². The zero-order valence-electron chi connectivity index (χ0n) is 11.6. The van der Waals surface area contributed by atoms with E-state index in [1.807, 2.05) is 18.8 Å². The fraction of sp³-hybridized carbons (Fsp3) is 0.294. The largest absolute Gasteiger partial charge is 0.320 e. The van der Waals surface area contributed by atoms with E-state index in [4.69, 9.17) is 0 Å². The highest BCUT2D eigenvalue weighted by molar-refractivity contribution is 7.99. The zero-order chi connectivity index (χ0) is 13.5. The maximum Gasteiger partial charge on any atom is 0.0356 e. The van der Waals surface area contributed by atoms with Crippen LogP contribution >= 0.6 is 11.8 Å². The van der Waals surface area contributed by atoms with E-state index in [-0.39, 0.29) is 0 Å². The van der Waals surface area contributed by atoms with Gasteiger partial charge in [0.25, 0.3) is 0 Å². The quantitative estimate of drug-likeness (QED) is 0.780. The van der Waals surface area contributed by atoms with Gasteiger partial charge in [-0.2, -0.15) is 0 Å². The molecule has 0 aliphatic rings. The number of benzene rings is 2. The molecule has 0 aliphatic heterocycles. The van der Waals surface area contributed by atoms with E-state index >= 15 is 0 Å². The van der Waals surface area contributed by atoms with Crippen LogP contribution in [-0.4, -0.2) is 13.6 Å². The first-order valence-corrected chi connectivity index (χ1v) is 7.61. The lowest BCUT2D eigenvalue weighted by Gasteiger charge is -2.18.